The van der Waals surface area contributed by atoms with Gasteiger partial charge in [0, 0.05) is 29.2 Å². The fourth-order valence-corrected chi connectivity index (χ4v) is 3.44. The first-order chi connectivity index (χ1) is 12.4. The van der Waals surface area contributed by atoms with Gasteiger partial charge in [-0.1, -0.05) is 0 Å². The van der Waals surface area contributed by atoms with E-state index in [1.54, 1.807) is 31.0 Å². The second-order valence-electron chi connectivity index (χ2n) is 5.89. The summed E-state index contributed by atoms with van der Waals surface area (Å²) in [5.41, 5.74) is 2.70. The molecule has 3 aromatic rings. The predicted molar refractivity (Wildman–Crippen MR) is 102 cm³/mol. The number of Topliss-reactive ketones (excluding diaryl/α,β-unsaturated/α-hetero) is 1. The van der Waals surface area contributed by atoms with Crippen molar-refractivity contribution >= 4 is 28.2 Å². The van der Waals surface area contributed by atoms with Gasteiger partial charge in [0.15, 0.2) is 10.9 Å². The number of nitrogens with zero attached hydrogens (tertiary/aromatic N) is 2. The van der Waals surface area contributed by atoms with E-state index < -0.39 is 0 Å². The van der Waals surface area contributed by atoms with Crippen molar-refractivity contribution in [3.63, 3.8) is 0 Å². The number of aryl methyl sites for hydroxylation is 2. The van der Waals surface area contributed by atoms with Crippen LogP contribution in [0.1, 0.15) is 32.6 Å². The lowest BCUT2D eigenvalue weighted by molar-refractivity contribution is 0.101. The number of ketones is 1. The highest BCUT2D eigenvalue weighted by Crippen LogP contribution is 2.31. The van der Waals surface area contributed by atoms with Crippen molar-refractivity contribution < 1.29 is 14.3 Å². The Balaban J connectivity index is 1.82. The number of carbonyl (C=O) groups is 2. The second-order valence-corrected chi connectivity index (χ2v) is 7.09. The minimum atomic E-state index is -0.296. The summed E-state index contributed by atoms with van der Waals surface area (Å²) >= 11 is 1.41. The van der Waals surface area contributed by atoms with Gasteiger partial charge in [0.25, 0.3) is 5.91 Å². The van der Waals surface area contributed by atoms with Crippen LogP contribution >= 0.6 is 11.3 Å². The molecule has 0 radical (unpaired) electrons. The third-order valence-corrected chi connectivity index (χ3v) is 4.91. The number of hydrogen-bond donors (Lipinski definition) is 1. The van der Waals surface area contributed by atoms with E-state index in [1.807, 2.05) is 31.2 Å². The Hall–Kier alpha value is -2.93. The van der Waals surface area contributed by atoms with E-state index in [0.29, 0.717) is 16.4 Å². The number of aromatic nitrogens is 2. The minimum absolute atomic E-state index is 0.0773. The van der Waals surface area contributed by atoms with Gasteiger partial charge in [-0.3, -0.25) is 14.9 Å². The van der Waals surface area contributed by atoms with Crippen LogP contribution in [0.15, 0.2) is 36.5 Å². The molecule has 26 heavy (non-hydrogen) atoms. The summed E-state index contributed by atoms with van der Waals surface area (Å²) in [5, 5.41) is 3.33. The highest BCUT2D eigenvalue weighted by molar-refractivity contribution is 7.16. The van der Waals surface area contributed by atoms with Crippen LogP contribution in [0.2, 0.25) is 0 Å². The summed E-state index contributed by atoms with van der Waals surface area (Å²) in [5.74, 6) is 0.404. The normalized spacial score (nSPS) is 10.6. The van der Waals surface area contributed by atoms with Gasteiger partial charge in [0.05, 0.1) is 12.8 Å². The molecule has 3 rings (SSSR count). The fourth-order valence-electron chi connectivity index (χ4n) is 2.61. The van der Waals surface area contributed by atoms with E-state index in [-0.39, 0.29) is 11.7 Å². The van der Waals surface area contributed by atoms with Gasteiger partial charge in [-0.2, -0.15) is 0 Å². The zero-order valence-corrected chi connectivity index (χ0v) is 15.8. The number of ether oxygens (including phenoxy) is 1. The molecule has 1 N–H and O–H groups in total. The number of benzene rings is 1. The molecule has 0 aliphatic heterocycles. The first-order valence-electron chi connectivity index (χ1n) is 7.99. The zero-order valence-electron chi connectivity index (χ0n) is 15.0. The molecule has 0 fully saturated rings. The molecule has 7 heteroatoms. The Morgan fingerprint density at radius 3 is 2.50 bits per heavy atom. The van der Waals surface area contributed by atoms with Gasteiger partial charge in [0.1, 0.15) is 11.4 Å². The van der Waals surface area contributed by atoms with Crippen molar-refractivity contribution in [2.75, 3.05) is 12.4 Å². The first kappa shape index (κ1) is 17.9. The number of carbonyl (C=O) groups excluding carboxylic acids is 2. The standard InChI is InChI=1S/C19H19N3O3S/c1-11(23)14-9-16(22(3)10-14)18(24)21-19-20-17(12(2)26-19)13-5-7-15(25-4)8-6-13/h5-10H,1-4H3,(H,20,21,24). The van der Waals surface area contributed by atoms with Crippen molar-refractivity contribution in [1.29, 1.82) is 0 Å². The quantitative estimate of drug-likeness (QED) is 0.692. The smallest absolute Gasteiger partial charge is 0.274 e. The lowest BCUT2D eigenvalue weighted by Crippen LogP contribution is -2.15. The third kappa shape index (κ3) is 3.52. The monoisotopic (exact) mass is 369 g/mol. The molecule has 1 amide bonds. The predicted octanol–water partition coefficient (Wildman–Crippen LogP) is 3.92. The number of hydrogen-bond acceptors (Lipinski definition) is 5. The number of rotatable bonds is 5. The van der Waals surface area contributed by atoms with Gasteiger partial charge in [0.2, 0.25) is 0 Å². The lowest BCUT2D eigenvalue weighted by atomic mass is 10.1. The van der Waals surface area contributed by atoms with E-state index in [2.05, 4.69) is 10.3 Å². The van der Waals surface area contributed by atoms with Crippen LogP contribution in [0.3, 0.4) is 0 Å². The van der Waals surface area contributed by atoms with E-state index in [4.69, 9.17) is 4.74 Å². The third-order valence-electron chi connectivity index (χ3n) is 4.02. The summed E-state index contributed by atoms with van der Waals surface area (Å²) in [4.78, 5) is 29.5. The van der Waals surface area contributed by atoms with Crippen LogP contribution in [0.4, 0.5) is 5.13 Å². The van der Waals surface area contributed by atoms with Crippen LogP contribution in [0, 0.1) is 6.92 Å². The Bertz CT molecular complexity index is 971. The first-order valence-corrected chi connectivity index (χ1v) is 8.81. The highest BCUT2D eigenvalue weighted by Gasteiger charge is 2.17. The van der Waals surface area contributed by atoms with E-state index >= 15 is 0 Å². The number of methoxy groups -OCH3 is 1. The summed E-state index contributed by atoms with van der Waals surface area (Å²) in [6.07, 6.45) is 1.65. The largest absolute Gasteiger partial charge is 0.497 e. The molecule has 1 aromatic carbocycles. The molecule has 134 valence electrons. The van der Waals surface area contributed by atoms with E-state index in [0.717, 1.165) is 21.9 Å². The molecular formula is C19H19N3O3S. The van der Waals surface area contributed by atoms with E-state index in [9.17, 15) is 9.59 Å². The van der Waals surface area contributed by atoms with Gasteiger partial charge >= 0.3 is 0 Å². The molecule has 0 atom stereocenters. The van der Waals surface area contributed by atoms with Crippen LogP contribution in [0.5, 0.6) is 5.75 Å². The maximum Gasteiger partial charge on any atom is 0.274 e. The molecule has 0 unspecified atom stereocenters. The van der Waals surface area contributed by atoms with Crippen molar-refractivity contribution in [1.82, 2.24) is 9.55 Å². The fraction of sp³-hybridized carbons (Fsp3) is 0.211. The maximum absolute atomic E-state index is 12.5. The minimum Gasteiger partial charge on any atom is -0.497 e. The zero-order chi connectivity index (χ0) is 18.8. The van der Waals surface area contributed by atoms with Crippen molar-refractivity contribution in [2.45, 2.75) is 13.8 Å². The molecule has 0 aliphatic rings. The van der Waals surface area contributed by atoms with Crippen LogP contribution < -0.4 is 10.1 Å². The Kier molecular flexibility index (Phi) is 4.90. The molecule has 6 nitrogen and oxygen atoms in total. The molecular weight excluding hydrogens is 350 g/mol. The van der Waals surface area contributed by atoms with Crippen molar-refractivity contribution in [3.8, 4) is 17.0 Å². The molecule has 0 saturated heterocycles. The van der Waals surface area contributed by atoms with Crippen molar-refractivity contribution in [3.05, 3.63) is 52.7 Å². The van der Waals surface area contributed by atoms with Gasteiger partial charge in [-0.15, -0.1) is 11.3 Å². The lowest BCUT2D eigenvalue weighted by Gasteiger charge is -2.03. The van der Waals surface area contributed by atoms with Crippen LogP contribution in [-0.4, -0.2) is 28.4 Å². The Morgan fingerprint density at radius 2 is 1.92 bits per heavy atom. The number of amides is 1. The molecule has 0 spiro atoms. The van der Waals surface area contributed by atoms with Gasteiger partial charge in [-0.05, 0) is 44.2 Å². The number of thiazole rings is 1. The molecule has 0 saturated carbocycles. The average Bonchev–Trinajstić information content (AvgIpc) is 3.18. The van der Waals surface area contributed by atoms with Crippen LogP contribution in [0.25, 0.3) is 11.3 Å². The molecule has 2 heterocycles. The molecule has 0 bridgehead atoms. The molecule has 0 aliphatic carbocycles. The molecule has 2 aromatic heterocycles. The summed E-state index contributed by atoms with van der Waals surface area (Å²) in [6.45, 7) is 3.44. The maximum atomic E-state index is 12.5. The van der Waals surface area contributed by atoms with Gasteiger partial charge in [-0.25, -0.2) is 4.98 Å². The second kappa shape index (κ2) is 7.13. The van der Waals surface area contributed by atoms with Crippen molar-refractivity contribution in [2.24, 2.45) is 7.05 Å². The summed E-state index contributed by atoms with van der Waals surface area (Å²) in [7, 11) is 3.36. The SMILES string of the molecule is COc1ccc(-c2nc(NC(=O)c3cc(C(C)=O)cn3C)sc2C)cc1. The topological polar surface area (TPSA) is 73.2 Å². The number of anilines is 1. The summed E-state index contributed by atoms with van der Waals surface area (Å²) < 4.78 is 6.81. The number of nitrogens with one attached hydrogen (secondary N) is 1. The van der Waals surface area contributed by atoms with E-state index in [1.165, 1.54) is 18.3 Å². The summed E-state index contributed by atoms with van der Waals surface area (Å²) in [6, 6.07) is 9.20. The Morgan fingerprint density at radius 1 is 1.23 bits per heavy atom. The highest BCUT2D eigenvalue weighted by atomic mass is 32.1. The Labute approximate surface area is 155 Å². The van der Waals surface area contributed by atoms with Crippen LogP contribution in [-0.2, 0) is 7.05 Å². The van der Waals surface area contributed by atoms with Gasteiger partial charge < -0.3 is 9.30 Å². The average molecular weight is 369 g/mol.